The molecule has 2 aromatic carbocycles. The fourth-order valence-electron chi connectivity index (χ4n) is 8.67. The Kier molecular flexibility index (Phi) is 15.8. The Balaban J connectivity index is 0.927. The topological polar surface area (TPSA) is 161 Å². The van der Waals surface area contributed by atoms with Crippen molar-refractivity contribution >= 4 is 56.4 Å². The van der Waals surface area contributed by atoms with Crippen molar-refractivity contribution in [2.24, 2.45) is 5.41 Å². The van der Waals surface area contributed by atoms with Gasteiger partial charge in [-0.2, -0.15) is 0 Å². The molecule has 7 rings (SSSR count). The molecule has 0 bridgehead atoms. The number of benzene rings is 2. The number of nitrogens with one attached hydrogen (secondary N) is 2. The van der Waals surface area contributed by atoms with E-state index in [0.29, 0.717) is 32.5 Å². The number of hydrogen-bond acceptors (Lipinski definition) is 11. The van der Waals surface area contributed by atoms with Crippen molar-refractivity contribution in [1.29, 1.82) is 0 Å². The Labute approximate surface area is 406 Å². The predicted molar refractivity (Wildman–Crippen MR) is 267 cm³/mol. The van der Waals surface area contributed by atoms with E-state index in [1.165, 1.54) is 0 Å². The van der Waals surface area contributed by atoms with Crippen LogP contribution in [0.2, 0.25) is 0 Å². The minimum Gasteiger partial charge on any atom is -0.372 e. The zero-order valence-corrected chi connectivity index (χ0v) is 42.4. The summed E-state index contributed by atoms with van der Waals surface area (Å²) in [7, 11) is 0. The fourth-order valence-corrected chi connectivity index (χ4v) is 10.1. The van der Waals surface area contributed by atoms with Crippen molar-refractivity contribution in [2.45, 2.75) is 113 Å². The summed E-state index contributed by atoms with van der Waals surface area (Å²) in [6, 6.07) is 14.9. The molecule has 1 aliphatic heterocycles. The number of hydrogen-bond donors (Lipinski definition) is 2. The Bertz CT molecular complexity index is 2670. The maximum Gasteiger partial charge on any atom is 0.246 e. The van der Waals surface area contributed by atoms with Crippen LogP contribution in [-0.2, 0) is 19.1 Å². The Morgan fingerprint density at radius 3 is 2.37 bits per heavy atom. The molecule has 3 atom stereocenters. The highest BCUT2D eigenvalue weighted by Crippen LogP contribution is 2.37. The van der Waals surface area contributed by atoms with Crippen molar-refractivity contribution in [2.75, 3.05) is 31.2 Å². The van der Waals surface area contributed by atoms with E-state index in [1.807, 2.05) is 115 Å². The average molecular weight is 993 g/mol. The first-order valence-corrected chi connectivity index (χ1v) is 24.6. The number of ether oxygens (including phenoxy) is 1. The van der Waals surface area contributed by atoms with Crippen LogP contribution < -0.4 is 15.5 Å². The van der Waals surface area contributed by atoms with Gasteiger partial charge in [0.05, 0.1) is 56.9 Å². The lowest BCUT2D eigenvalue weighted by Crippen LogP contribution is -2.58. The molecule has 0 aliphatic carbocycles. The van der Waals surface area contributed by atoms with Crippen molar-refractivity contribution in [1.82, 2.24) is 40.2 Å². The minimum atomic E-state index is -0.838. The summed E-state index contributed by atoms with van der Waals surface area (Å²) >= 11 is 5.42. The number of aromatic nitrogens is 5. The minimum absolute atomic E-state index is 0.176. The van der Waals surface area contributed by atoms with Gasteiger partial charge in [0.2, 0.25) is 17.7 Å². The summed E-state index contributed by atoms with van der Waals surface area (Å²) in [6.45, 7) is 18.9. The number of pyridine rings is 1. The number of nitrogens with zero attached hydrogens (tertiary/aromatic N) is 7. The predicted octanol–water partition coefficient (Wildman–Crippen LogP) is 10.1. The third-order valence-corrected chi connectivity index (χ3v) is 14.0. The quantitative estimate of drug-likeness (QED) is 0.0794. The Morgan fingerprint density at radius 2 is 1.72 bits per heavy atom. The molecule has 16 heteroatoms. The number of rotatable bonds is 18. The van der Waals surface area contributed by atoms with Gasteiger partial charge >= 0.3 is 0 Å². The van der Waals surface area contributed by atoms with Gasteiger partial charge in [0, 0.05) is 53.4 Å². The molecule has 0 spiro atoms. The number of thiazole rings is 1. The van der Waals surface area contributed by atoms with Gasteiger partial charge in [0.15, 0.2) is 0 Å². The average Bonchev–Trinajstić information content (AvgIpc) is 4.12. The molecule has 4 aromatic heterocycles. The summed E-state index contributed by atoms with van der Waals surface area (Å²) in [5.74, 6) is -0.0910. The van der Waals surface area contributed by atoms with Crippen molar-refractivity contribution in [3.8, 4) is 27.3 Å². The lowest BCUT2D eigenvalue weighted by atomic mass is 9.85. The number of halogens is 1. The highest BCUT2D eigenvalue weighted by molar-refractivity contribution is 9.10. The van der Waals surface area contributed by atoms with Gasteiger partial charge in [-0.1, -0.05) is 50.2 Å². The van der Waals surface area contributed by atoms with Gasteiger partial charge in [-0.05, 0) is 130 Å². The molecule has 5 heterocycles. The summed E-state index contributed by atoms with van der Waals surface area (Å²) in [6.07, 6.45) is 9.35. The van der Waals surface area contributed by atoms with Gasteiger partial charge < -0.3 is 34.3 Å². The van der Waals surface area contributed by atoms with E-state index in [1.54, 1.807) is 16.2 Å². The Hall–Kier alpha value is -5.71. The van der Waals surface area contributed by atoms with Crippen LogP contribution in [0.15, 0.2) is 81.8 Å². The number of amides is 3. The monoisotopic (exact) mass is 991 g/mol. The molecule has 1 aliphatic rings. The maximum atomic E-state index is 14.2. The zero-order chi connectivity index (χ0) is 48.0. The van der Waals surface area contributed by atoms with Gasteiger partial charge in [-0.25, -0.2) is 9.97 Å². The SMILES string of the molecule is Cc1cn(-c2ccc(N(CCCCCOCC(=O)N[C@H](C(=O)N3CCC[C@H]3C(=O)N[C@@H](C)c3ccc(-c4scnc4C)cc3)C(C)(C)C)c3cc(-c4c(C)noc4C)cnc3C)cc2Br)cn1. The molecule has 14 nitrogen and oxygen atoms in total. The summed E-state index contributed by atoms with van der Waals surface area (Å²) in [4.78, 5) is 59.9. The molecule has 6 aromatic rings. The Morgan fingerprint density at radius 1 is 0.940 bits per heavy atom. The van der Waals surface area contributed by atoms with Gasteiger partial charge in [-0.3, -0.25) is 19.4 Å². The maximum absolute atomic E-state index is 14.2. The van der Waals surface area contributed by atoms with E-state index in [-0.39, 0.29) is 30.4 Å². The van der Waals surface area contributed by atoms with Crippen molar-refractivity contribution < 1.29 is 23.6 Å². The first-order valence-electron chi connectivity index (χ1n) is 23.0. The number of aryl methyl sites for hydroxylation is 5. The molecule has 354 valence electrons. The molecular weight excluding hydrogens is 931 g/mol. The van der Waals surface area contributed by atoms with Crippen LogP contribution in [-0.4, -0.2) is 85.7 Å². The van der Waals surface area contributed by atoms with E-state index in [0.717, 1.165) is 96.5 Å². The van der Waals surface area contributed by atoms with Crippen LogP contribution in [0.4, 0.5) is 11.4 Å². The van der Waals surface area contributed by atoms with Crippen LogP contribution in [0.5, 0.6) is 0 Å². The molecule has 0 unspecified atom stereocenters. The summed E-state index contributed by atoms with van der Waals surface area (Å²) in [5.41, 5.74) is 11.8. The second kappa shape index (κ2) is 21.5. The number of carbonyl (C=O) groups is 3. The first-order chi connectivity index (χ1) is 32.0. The van der Waals surface area contributed by atoms with Crippen molar-refractivity contribution in [3.05, 3.63) is 111 Å². The van der Waals surface area contributed by atoms with Crippen LogP contribution in [0, 0.1) is 40.0 Å². The van der Waals surface area contributed by atoms with E-state index >= 15 is 0 Å². The molecule has 0 radical (unpaired) electrons. The highest BCUT2D eigenvalue weighted by atomic mass is 79.9. The van der Waals surface area contributed by atoms with E-state index in [4.69, 9.17) is 14.2 Å². The van der Waals surface area contributed by atoms with Crippen LogP contribution >= 0.6 is 27.3 Å². The molecule has 1 saturated heterocycles. The molecule has 3 amide bonds. The van der Waals surface area contributed by atoms with Crippen LogP contribution in [0.1, 0.15) is 99.9 Å². The number of anilines is 2. The second-order valence-electron chi connectivity index (χ2n) is 18.5. The normalized spacial score (nSPS) is 14.8. The van der Waals surface area contributed by atoms with Crippen LogP contribution in [0.3, 0.4) is 0 Å². The molecule has 67 heavy (non-hydrogen) atoms. The molecule has 0 saturated carbocycles. The largest absolute Gasteiger partial charge is 0.372 e. The zero-order valence-electron chi connectivity index (χ0n) is 40.0. The van der Waals surface area contributed by atoms with E-state index < -0.39 is 17.5 Å². The summed E-state index contributed by atoms with van der Waals surface area (Å²) < 4.78 is 14.3. The van der Waals surface area contributed by atoms with Gasteiger partial charge in [-0.15, -0.1) is 11.3 Å². The van der Waals surface area contributed by atoms with E-state index in [9.17, 15) is 14.4 Å². The number of carbonyl (C=O) groups excluding carboxylic acids is 3. The second-order valence-corrected chi connectivity index (χ2v) is 20.2. The number of likely N-dealkylation sites (tertiary alicyclic amines) is 1. The third-order valence-electron chi connectivity index (χ3n) is 12.3. The molecule has 1 fully saturated rings. The molecular formula is C51H62BrN9O5S. The first kappa shape index (κ1) is 49.2. The van der Waals surface area contributed by atoms with Gasteiger partial charge in [0.25, 0.3) is 0 Å². The fraction of sp³-hybridized carbons (Fsp3) is 0.431. The smallest absolute Gasteiger partial charge is 0.246 e. The lowest BCUT2D eigenvalue weighted by molar-refractivity contribution is -0.144. The highest BCUT2D eigenvalue weighted by Gasteiger charge is 2.42. The third kappa shape index (κ3) is 11.7. The lowest BCUT2D eigenvalue weighted by Gasteiger charge is -2.35. The molecule has 2 N–H and O–H groups in total. The standard InChI is InChI=1S/C51H62BrN9O5S/c1-31-27-59(29-54-31)42-20-19-40(25-41(42)52)60(44-24-39(26-53-33(44)3)46-34(4)58-66-36(46)6)21-11-10-12-23-65-28-45(62)57-48(51(7,8)9)50(64)61-22-13-14-43(61)49(63)56-32(2)37-15-17-38(18-16-37)47-35(5)55-30-67-47/h15-20,24-27,29-30,32,43,48H,10-14,21-23,28H2,1-9H3,(H,56,63)(H,57,62)/t32-,43-,48+/m0/s1. The summed E-state index contributed by atoms with van der Waals surface area (Å²) in [5, 5.41) is 10.3. The number of unbranched alkanes of at least 4 members (excludes halogenated alkanes) is 2. The van der Waals surface area contributed by atoms with Crippen LogP contribution in [0.25, 0.3) is 27.3 Å². The van der Waals surface area contributed by atoms with Gasteiger partial charge in [0.1, 0.15) is 24.5 Å². The van der Waals surface area contributed by atoms with E-state index in [2.05, 4.69) is 70.9 Å². The number of imidazole rings is 1. The van der Waals surface area contributed by atoms with Crippen molar-refractivity contribution in [3.63, 3.8) is 0 Å².